The average Bonchev–Trinajstić information content (AvgIpc) is 2.82. The number of hydrogen-bond donors (Lipinski definition) is 1. The number of nitrogens with zero attached hydrogens (tertiary/aromatic N) is 1. The Balaban J connectivity index is 2.75. The minimum Gasteiger partial charge on any atom is -0.508 e. The van der Waals surface area contributed by atoms with Crippen LogP contribution >= 0.6 is 0 Å². The molecule has 1 unspecified atom stereocenters. The topological polar surface area (TPSA) is 70.3 Å². The summed E-state index contributed by atoms with van der Waals surface area (Å²) in [6.07, 6.45) is 7.58. The quantitative estimate of drug-likeness (QED) is 0.246. The predicted octanol–water partition coefficient (Wildman–Crippen LogP) is 6.29. The molecule has 0 aliphatic heterocycles. The molecule has 0 saturated carbocycles. The standard InChI is InChI=1S/C27H29NO3/c1-7-8-11-31-27(30)25(17(2)3)26(22-10-9-21(16-28)15-20(22)6)23-13-18(4)12-19(5)14-24(23)29/h7,9-10,12-15,26,29H,1,5,8,11H2,2-4,6H3. The van der Waals surface area contributed by atoms with E-state index in [-0.39, 0.29) is 12.4 Å². The van der Waals surface area contributed by atoms with Crippen molar-refractivity contribution in [2.24, 2.45) is 0 Å². The van der Waals surface area contributed by atoms with Crippen LogP contribution in [0.15, 0.2) is 89.3 Å². The van der Waals surface area contributed by atoms with Crippen molar-refractivity contribution in [1.82, 2.24) is 0 Å². The number of esters is 1. The highest BCUT2D eigenvalue weighted by atomic mass is 16.5. The molecular formula is C27H29NO3. The number of benzene rings is 1. The zero-order valence-corrected chi connectivity index (χ0v) is 18.7. The van der Waals surface area contributed by atoms with Gasteiger partial charge in [0.15, 0.2) is 0 Å². The van der Waals surface area contributed by atoms with Gasteiger partial charge in [0.25, 0.3) is 0 Å². The second kappa shape index (κ2) is 10.4. The SMILES string of the molecule is C=CCCOC(=O)C(=C(C)C)C(C1=CC(C)=CC(=C)C=C1O)c1ccc(C#N)cc1C. The number of aliphatic hydroxyl groups excluding tert-OH is 1. The molecule has 1 aromatic carbocycles. The minimum absolute atomic E-state index is 0.0458. The number of carbonyl (C=O) groups is 1. The van der Waals surface area contributed by atoms with Gasteiger partial charge >= 0.3 is 5.97 Å². The van der Waals surface area contributed by atoms with Gasteiger partial charge in [-0.2, -0.15) is 5.26 Å². The number of ether oxygens (including phenoxy) is 1. The molecule has 1 aliphatic carbocycles. The molecular weight excluding hydrogens is 386 g/mol. The van der Waals surface area contributed by atoms with Crippen LogP contribution in [0.3, 0.4) is 0 Å². The van der Waals surface area contributed by atoms with Crippen LogP contribution in [0.4, 0.5) is 0 Å². The van der Waals surface area contributed by atoms with Crippen molar-refractivity contribution >= 4 is 5.97 Å². The van der Waals surface area contributed by atoms with Crippen molar-refractivity contribution in [2.75, 3.05) is 6.61 Å². The van der Waals surface area contributed by atoms with Crippen LogP contribution in [0.25, 0.3) is 0 Å². The Labute approximate surface area is 184 Å². The maximum Gasteiger partial charge on any atom is 0.334 e. The molecule has 1 aromatic rings. The average molecular weight is 416 g/mol. The van der Waals surface area contributed by atoms with Gasteiger partial charge in [-0.15, -0.1) is 6.58 Å². The Kier molecular flexibility index (Phi) is 7.99. The van der Waals surface area contributed by atoms with Crippen LogP contribution in [0.5, 0.6) is 0 Å². The van der Waals surface area contributed by atoms with Crippen LogP contribution in [0, 0.1) is 18.3 Å². The summed E-state index contributed by atoms with van der Waals surface area (Å²) in [6, 6.07) is 7.49. The zero-order chi connectivity index (χ0) is 23.1. The Morgan fingerprint density at radius 3 is 2.55 bits per heavy atom. The number of hydrogen-bond acceptors (Lipinski definition) is 4. The normalized spacial score (nSPS) is 14.3. The Morgan fingerprint density at radius 1 is 1.26 bits per heavy atom. The predicted molar refractivity (Wildman–Crippen MR) is 124 cm³/mol. The highest BCUT2D eigenvalue weighted by molar-refractivity contribution is 5.92. The lowest BCUT2D eigenvalue weighted by molar-refractivity contribution is -0.139. The molecule has 0 fully saturated rings. The molecule has 0 heterocycles. The van der Waals surface area contributed by atoms with E-state index in [2.05, 4.69) is 19.2 Å². The minimum atomic E-state index is -0.570. The molecule has 0 amide bonds. The van der Waals surface area contributed by atoms with E-state index in [4.69, 9.17) is 4.74 Å². The van der Waals surface area contributed by atoms with Gasteiger partial charge in [-0.25, -0.2) is 4.79 Å². The van der Waals surface area contributed by atoms with E-state index in [1.807, 2.05) is 45.9 Å². The molecule has 160 valence electrons. The number of carbonyl (C=O) groups excluding carboxylic acids is 1. The van der Waals surface area contributed by atoms with Crippen molar-refractivity contribution in [1.29, 1.82) is 5.26 Å². The second-order valence-corrected chi connectivity index (χ2v) is 7.84. The maximum absolute atomic E-state index is 13.2. The van der Waals surface area contributed by atoms with Crippen molar-refractivity contribution in [3.05, 3.63) is 106 Å². The Morgan fingerprint density at radius 2 is 1.97 bits per heavy atom. The fourth-order valence-corrected chi connectivity index (χ4v) is 3.66. The number of rotatable bonds is 7. The van der Waals surface area contributed by atoms with Gasteiger partial charge in [0.05, 0.1) is 18.2 Å². The van der Waals surface area contributed by atoms with Crippen LogP contribution in [0.2, 0.25) is 0 Å². The molecule has 0 saturated heterocycles. The summed E-state index contributed by atoms with van der Waals surface area (Å²) in [4.78, 5) is 13.2. The lowest BCUT2D eigenvalue weighted by atomic mass is 9.79. The van der Waals surface area contributed by atoms with E-state index >= 15 is 0 Å². The van der Waals surface area contributed by atoms with Crippen LogP contribution in [-0.2, 0) is 9.53 Å². The Hall–Kier alpha value is -3.58. The fraction of sp³-hybridized carbons (Fsp3) is 0.259. The summed E-state index contributed by atoms with van der Waals surface area (Å²) in [6.45, 7) is 15.4. The molecule has 0 spiro atoms. The van der Waals surface area contributed by atoms with Crippen molar-refractivity contribution in [3.8, 4) is 6.07 Å². The number of aryl methyl sites for hydroxylation is 1. The smallest absolute Gasteiger partial charge is 0.334 e. The monoisotopic (exact) mass is 415 g/mol. The first-order chi connectivity index (χ1) is 14.7. The summed E-state index contributed by atoms with van der Waals surface area (Å²) in [5.74, 6) is -0.960. The molecule has 0 aromatic heterocycles. The summed E-state index contributed by atoms with van der Waals surface area (Å²) < 4.78 is 5.52. The van der Waals surface area contributed by atoms with Crippen LogP contribution < -0.4 is 0 Å². The lowest BCUT2D eigenvalue weighted by Crippen LogP contribution is -2.20. The molecule has 4 nitrogen and oxygen atoms in total. The van der Waals surface area contributed by atoms with Crippen molar-refractivity contribution in [2.45, 2.75) is 40.0 Å². The maximum atomic E-state index is 13.2. The van der Waals surface area contributed by atoms with Crippen molar-refractivity contribution < 1.29 is 14.6 Å². The Bertz CT molecular complexity index is 1070. The highest BCUT2D eigenvalue weighted by Crippen LogP contribution is 2.40. The summed E-state index contributed by atoms with van der Waals surface area (Å²) in [5, 5.41) is 20.2. The molecule has 1 atom stereocenters. The molecule has 31 heavy (non-hydrogen) atoms. The first-order valence-corrected chi connectivity index (χ1v) is 10.2. The van der Waals surface area contributed by atoms with Gasteiger partial charge in [-0.3, -0.25) is 0 Å². The van der Waals surface area contributed by atoms with Crippen LogP contribution in [0.1, 0.15) is 49.8 Å². The third kappa shape index (κ3) is 5.73. The van der Waals surface area contributed by atoms with Gasteiger partial charge in [0.2, 0.25) is 0 Å². The van der Waals surface area contributed by atoms with Gasteiger partial charge in [0.1, 0.15) is 5.76 Å². The number of aliphatic hydroxyl groups is 1. The first-order valence-electron chi connectivity index (χ1n) is 10.2. The van der Waals surface area contributed by atoms with E-state index in [9.17, 15) is 15.2 Å². The fourth-order valence-electron chi connectivity index (χ4n) is 3.66. The van der Waals surface area contributed by atoms with Gasteiger partial charge in [0, 0.05) is 17.1 Å². The summed E-state index contributed by atoms with van der Waals surface area (Å²) in [5.41, 5.74) is 5.61. The van der Waals surface area contributed by atoms with Gasteiger partial charge < -0.3 is 9.84 Å². The van der Waals surface area contributed by atoms with Gasteiger partial charge in [-0.1, -0.05) is 42.0 Å². The third-order valence-electron chi connectivity index (χ3n) is 5.04. The number of nitriles is 1. The zero-order valence-electron chi connectivity index (χ0n) is 18.7. The van der Waals surface area contributed by atoms with E-state index in [1.54, 1.807) is 24.3 Å². The first kappa shape index (κ1) is 23.7. The van der Waals surface area contributed by atoms with E-state index in [0.29, 0.717) is 28.7 Å². The molecule has 1 N–H and O–H groups in total. The lowest BCUT2D eigenvalue weighted by Gasteiger charge is -2.26. The summed E-state index contributed by atoms with van der Waals surface area (Å²) in [7, 11) is 0. The van der Waals surface area contributed by atoms with E-state index in [1.165, 1.54) is 0 Å². The molecule has 0 radical (unpaired) electrons. The summed E-state index contributed by atoms with van der Waals surface area (Å²) >= 11 is 0. The van der Waals surface area contributed by atoms with Crippen LogP contribution in [-0.4, -0.2) is 17.7 Å². The van der Waals surface area contributed by atoms with E-state index < -0.39 is 11.9 Å². The number of allylic oxidation sites excluding steroid dienone is 7. The largest absolute Gasteiger partial charge is 0.508 e. The molecule has 1 aliphatic rings. The second-order valence-electron chi connectivity index (χ2n) is 7.84. The van der Waals surface area contributed by atoms with Gasteiger partial charge in [-0.05, 0) is 69.0 Å². The molecule has 4 heteroatoms. The van der Waals surface area contributed by atoms with E-state index in [0.717, 1.165) is 22.3 Å². The molecule has 0 bridgehead atoms. The van der Waals surface area contributed by atoms with Crippen molar-refractivity contribution in [3.63, 3.8) is 0 Å². The third-order valence-corrected chi connectivity index (χ3v) is 5.04. The highest BCUT2D eigenvalue weighted by Gasteiger charge is 2.32. The molecule has 2 rings (SSSR count).